The molecule has 8 N–H and O–H groups in total. The Balaban J connectivity index is 1.43. The molecule has 2 saturated heterocycles. The predicted molar refractivity (Wildman–Crippen MR) is 154 cm³/mol. The SMILES string of the molecule is CC(C)(C)CC(C)(C)c1ccc(OCC(=O)NCCO[C@H]2OC(CO)[C@H](O[C@@H]3OC(CO)[C@H](O)[C@@H](O)C3O)[C@@H](O)C2O)cc1. The number of carbonyl (C=O) groups excluding carboxylic acids is 1. The predicted octanol–water partition coefficient (Wildman–Crippen LogP) is -1.46. The van der Waals surface area contributed by atoms with Gasteiger partial charge in [-0.05, 0) is 34.9 Å². The van der Waals surface area contributed by atoms with Gasteiger partial charge in [-0.2, -0.15) is 0 Å². The highest BCUT2D eigenvalue weighted by Crippen LogP contribution is 2.36. The van der Waals surface area contributed by atoms with Crippen LogP contribution in [0.1, 0.15) is 46.6 Å². The van der Waals surface area contributed by atoms with Gasteiger partial charge < -0.3 is 64.7 Å². The minimum absolute atomic E-state index is 0.0186. The zero-order valence-corrected chi connectivity index (χ0v) is 25.9. The molecule has 0 bridgehead atoms. The molecule has 0 aromatic heterocycles. The molecule has 2 fully saturated rings. The lowest BCUT2D eigenvalue weighted by Crippen LogP contribution is -2.64. The Morgan fingerprint density at radius 1 is 0.818 bits per heavy atom. The van der Waals surface area contributed by atoms with Crippen molar-refractivity contribution in [3.05, 3.63) is 29.8 Å². The molecule has 1 amide bonds. The number of hydrogen-bond donors (Lipinski definition) is 8. The summed E-state index contributed by atoms with van der Waals surface area (Å²) in [5.74, 6) is 0.145. The zero-order valence-electron chi connectivity index (χ0n) is 25.9. The summed E-state index contributed by atoms with van der Waals surface area (Å²) >= 11 is 0. The van der Waals surface area contributed by atoms with Gasteiger partial charge in [0.25, 0.3) is 5.91 Å². The lowest BCUT2D eigenvalue weighted by Gasteiger charge is -2.45. The van der Waals surface area contributed by atoms with Crippen molar-refractivity contribution in [1.29, 1.82) is 0 Å². The molecule has 252 valence electrons. The lowest BCUT2D eigenvalue weighted by molar-refractivity contribution is -0.359. The molecule has 0 radical (unpaired) electrons. The lowest BCUT2D eigenvalue weighted by atomic mass is 9.72. The molecule has 44 heavy (non-hydrogen) atoms. The Labute approximate surface area is 257 Å². The van der Waals surface area contributed by atoms with Gasteiger partial charge in [-0.25, -0.2) is 0 Å². The minimum atomic E-state index is -1.76. The van der Waals surface area contributed by atoms with Crippen LogP contribution in [0.2, 0.25) is 0 Å². The van der Waals surface area contributed by atoms with E-state index in [2.05, 4.69) is 39.9 Å². The zero-order chi connectivity index (χ0) is 32.8. The van der Waals surface area contributed by atoms with E-state index in [-0.39, 0.29) is 30.6 Å². The Bertz CT molecular complexity index is 1030. The summed E-state index contributed by atoms with van der Waals surface area (Å²) in [6.07, 6.45) is -14.4. The highest BCUT2D eigenvalue weighted by atomic mass is 16.7. The summed E-state index contributed by atoms with van der Waals surface area (Å²) in [7, 11) is 0. The molecule has 1 aromatic carbocycles. The van der Waals surface area contributed by atoms with Gasteiger partial charge in [-0.1, -0.05) is 46.8 Å². The molecule has 10 atom stereocenters. The van der Waals surface area contributed by atoms with E-state index >= 15 is 0 Å². The molecule has 14 heteroatoms. The molecular weight excluding hydrogens is 582 g/mol. The molecule has 2 aliphatic heterocycles. The van der Waals surface area contributed by atoms with Crippen molar-refractivity contribution in [3.8, 4) is 5.75 Å². The van der Waals surface area contributed by atoms with Crippen LogP contribution in [-0.4, -0.2) is 136 Å². The summed E-state index contributed by atoms with van der Waals surface area (Å²) in [6, 6.07) is 7.65. The highest BCUT2D eigenvalue weighted by molar-refractivity contribution is 5.77. The van der Waals surface area contributed by atoms with Gasteiger partial charge in [0.1, 0.15) is 54.6 Å². The van der Waals surface area contributed by atoms with Crippen LogP contribution in [0, 0.1) is 5.41 Å². The molecule has 0 spiro atoms. The molecule has 14 nitrogen and oxygen atoms in total. The first-order chi connectivity index (χ1) is 20.6. The number of amides is 1. The second-order valence-electron chi connectivity index (χ2n) is 13.2. The van der Waals surface area contributed by atoms with Crippen LogP contribution in [0.4, 0.5) is 0 Å². The van der Waals surface area contributed by atoms with Gasteiger partial charge in [0.15, 0.2) is 19.2 Å². The number of nitrogens with one attached hydrogen (secondary N) is 1. The normalized spacial score (nSPS) is 33.2. The van der Waals surface area contributed by atoms with Crippen LogP contribution in [-0.2, 0) is 29.2 Å². The smallest absolute Gasteiger partial charge is 0.258 e. The monoisotopic (exact) mass is 631 g/mol. The maximum atomic E-state index is 12.3. The van der Waals surface area contributed by atoms with Crippen LogP contribution in [0.25, 0.3) is 0 Å². The summed E-state index contributed by atoms with van der Waals surface area (Å²) in [5, 5.41) is 73.1. The van der Waals surface area contributed by atoms with Crippen molar-refractivity contribution >= 4 is 5.91 Å². The van der Waals surface area contributed by atoms with Crippen LogP contribution >= 0.6 is 0 Å². The molecule has 0 saturated carbocycles. The number of rotatable bonds is 13. The standard InChI is InChI=1S/C30H49NO13/c1-29(2,3)15-30(4,5)16-6-8-17(9-7-16)41-14-20(34)31-10-11-40-27-25(39)23(37)26(19(13-33)43-27)44-28-24(38)22(36)21(35)18(12-32)42-28/h6-9,18-19,21-28,32-33,35-39H,10-15H2,1-5H3,(H,31,34)/t18?,19?,21-,22+,23-,24?,25?,26-,27-,28-/m0/s1. The third kappa shape index (κ3) is 9.53. The van der Waals surface area contributed by atoms with Gasteiger partial charge in [-0.3, -0.25) is 4.79 Å². The fourth-order valence-electron chi connectivity index (χ4n) is 5.69. The van der Waals surface area contributed by atoms with Gasteiger partial charge in [0.2, 0.25) is 0 Å². The Hall–Kier alpha value is -1.95. The summed E-state index contributed by atoms with van der Waals surface area (Å²) in [4.78, 5) is 12.3. The second-order valence-corrected chi connectivity index (χ2v) is 13.2. The maximum Gasteiger partial charge on any atom is 0.258 e. The van der Waals surface area contributed by atoms with Crippen molar-refractivity contribution in [1.82, 2.24) is 5.32 Å². The van der Waals surface area contributed by atoms with Crippen molar-refractivity contribution in [2.75, 3.05) is 33.0 Å². The van der Waals surface area contributed by atoms with Crippen LogP contribution in [0.15, 0.2) is 24.3 Å². The van der Waals surface area contributed by atoms with E-state index in [0.29, 0.717) is 5.75 Å². The van der Waals surface area contributed by atoms with Gasteiger partial charge in [0, 0.05) is 6.54 Å². The molecule has 2 aliphatic rings. The quantitative estimate of drug-likeness (QED) is 0.117. The fraction of sp³-hybridized carbons (Fsp3) is 0.767. The van der Waals surface area contributed by atoms with Crippen molar-refractivity contribution < 1.29 is 64.2 Å². The molecule has 4 unspecified atom stereocenters. The summed E-state index contributed by atoms with van der Waals surface area (Å²) in [6.45, 7) is 9.31. The highest BCUT2D eigenvalue weighted by Gasteiger charge is 2.50. The van der Waals surface area contributed by atoms with E-state index in [4.69, 9.17) is 23.7 Å². The number of carbonyl (C=O) groups is 1. The number of benzene rings is 1. The van der Waals surface area contributed by atoms with Gasteiger partial charge in [-0.15, -0.1) is 0 Å². The number of aliphatic hydroxyl groups is 7. The second kappa shape index (κ2) is 15.6. The number of aliphatic hydroxyl groups excluding tert-OH is 7. The van der Waals surface area contributed by atoms with Crippen LogP contribution in [0.3, 0.4) is 0 Å². The van der Waals surface area contributed by atoms with Crippen LogP contribution in [0.5, 0.6) is 5.75 Å². The average Bonchev–Trinajstić information content (AvgIpc) is 2.96. The number of hydrogen-bond acceptors (Lipinski definition) is 13. The van der Waals surface area contributed by atoms with Crippen molar-refractivity contribution in [3.63, 3.8) is 0 Å². The third-order valence-corrected chi connectivity index (χ3v) is 7.64. The van der Waals surface area contributed by atoms with E-state index in [0.717, 1.165) is 6.42 Å². The van der Waals surface area contributed by atoms with Crippen molar-refractivity contribution in [2.45, 2.75) is 108 Å². The molecule has 0 aliphatic carbocycles. The molecule has 3 rings (SSSR count). The van der Waals surface area contributed by atoms with E-state index in [1.165, 1.54) is 5.56 Å². The van der Waals surface area contributed by atoms with E-state index in [1.807, 2.05) is 24.3 Å². The first kappa shape index (κ1) is 36.5. The van der Waals surface area contributed by atoms with E-state index in [9.17, 15) is 40.5 Å². The van der Waals surface area contributed by atoms with E-state index in [1.54, 1.807) is 0 Å². The van der Waals surface area contributed by atoms with Crippen LogP contribution < -0.4 is 10.1 Å². The van der Waals surface area contributed by atoms with Crippen molar-refractivity contribution in [2.24, 2.45) is 5.41 Å². The Morgan fingerprint density at radius 2 is 1.41 bits per heavy atom. The first-order valence-electron chi connectivity index (χ1n) is 14.8. The van der Waals surface area contributed by atoms with E-state index < -0.39 is 80.5 Å². The summed E-state index contributed by atoms with van der Waals surface area (Å²) < 4.78 is 27.4. The average molecular weight is 632 g/mol. The Morgan fingerprint density at radius 3 is 2.00 bits per heavy atom. The Kier molecular flexibility index (Phi) is 12.9. The van der Waals surface area contributed by atoms with Gasteiger partial charge in [0.05, 0.1) is 19.8 Å². The number of ether oxygens (including phenoxy) is 5. The minimum Gasteiger partial charge on any atom is -0.484 e. The molecule has 2 heterocycles. The topological polar surface area (TPSA) is 217 Å². The first-order valence-corrected chi connectivity index (χ1v) is 14.8. The molecular formula is C30H49NO13. The maximum absolute atomic E-state index is 12.3. The summed E-state index contributed by atoms with van der Waals surface area (Å²) in [5.41, 5.74) is 1.33. The fourth-order valence-corrected chi connectivity index (χ4v) is 5.69. The molecule has 1 aromatic rings. The largest absolute Gasteiger partial charge is 0.484 e. The third-order valence-electron chi connectivity index (χ3n) is 7.64. The van der Waals surface area contributed by atoms with Gasteiger partial charge >= 0.3 is 0 Å².